The van der Waals surface area contributed by atoms with Gasteiger partial charge in [0.15, 0.2) is 0 Å². The minimum atomic E-state index is -0.170. The molecule has 0 aliphatic carbocycles. The molecule has 3 rings (SSSR count). The molecule has 26 heavy (non-hydrogen) atoms. The molecule has 1 atom stereocenters. The quantitative estimate of drug-likeness (QED) is 0.865. The number of nitrogens with one attached hydrogen (secondary N) is 2. The van der Waals surface area contributed by atoms with E-state index < -0.39 is 0 Å². The topological polar surface area (TPSA) is 70.7 Å². The summed E-state index contributed by atoms with van der Waals surface area (Å²) in [6, 6.07) is 9.85. The van der Waals surface area contributed by atoms with E-state index in [0.717, 1.165) is 18.4 Å². The second-order valence-electron chi connectivity index (χ2n) is 7.72. The molecule has 142 valence electrons. The third kappa shape index (κ3) is 4.18. The van der Waals surface area contributed by atoms with E-state index >= 15 is 0 Å². The van der Waals surface area contributed by atoms with Crippen molar-refractivity contribution < 1.29 is 14.3 Å². The van der Waals surface area contributed by atoms with Crippen LogP contribution in [0.25, 0.3) is 0 Å². The molecule has 2 heterocycles. The fourth-order valence-electron chi connectivity index (χ4n) is 4.04. The first-order valence-corrected chi connectivity index (χ1v) is 9.45. The van der Waals surface area contributed by atoms with Crippen LogP contribution in [0, 0.1) is 11.3 Å². The Morgan fingerprint density at radius 2 is 1.92 bits per heavy atom. The smallest absolute Gasteiger partial charge is 0.317 e. The second kappa shape index (κ2) is 8.08. The molecule has 1 aromatic carbocycles. The standard InChI is InChI=1S/C20H29N3O3/c1-15(2)22-18(24)17-13-23(14-20(17)8-10-26-11-9-20)19(25)21-12-16-6-4-3-5-7-16/h3-7,15,17H,8-14H2,1-2H3,(H,21,25)(H,22,24). The number of ether oxygens (including phenoxy) is 1. The van der Waals surface area contributed by atoms with Crippen LogP contribution >= 0.6 is 0 Å². The lowest BCUT2D eigenvalue weighted by atomic mass is 9.71. The molecule has 2 N–H and O–H groups in total. The predicted molar refractivity (Wildman–Crippen MR) is 99.5 cm³/mol. The lowest BCUT2D eigenvalue weighted by molar-refractivity contribution is -0.130. The Bertz CT molecular complexity index is 626. The van der Waals surface area contributed by atoms with Crippen LogP contribution in [-0.4, -0.2) is 49.2 Å². The fraction of sp³-hybridized carbons (Fsp3) is 0.600. The highest BCUT2D eigenvalue weighted by Crippen LogP contribution is 2.44. The molecule has 0 saturated carbocycles. The van der Waals surface area contributed by atoms with Crippen molar-refractivity contribution in [3.05, 3.63) is 35.9 Å². The summed E-state index contributed by atoms with van der Waals surface area (Å²) in [5, 5.41) is 6.02. The summed E-state index contributed by atoms with van der Waals surface area (Å²) in [7, 11) is 0. The molecular formula is C20H29N3O3. The molecule has 1 spiro atoms. The number of benzene rings is 1. The molecule has 3 amide bonds. The molecule has 2 aliphatic rings. The zero-order chi connectivity index (χ0) is 18.6. The minimum Gasteiger partial charge on any atom is -0.381 e. The number of hydrogen-bond donors (Lipinski definition) is 2. The summed E-state index contributed by atoms with van der Waals surface area (Å²) in [6.07, 6.45) is 1.65. The van der Waals surface area contributed by atoms with E-state index in [-0.39, 0.29) is 29.3 Å². The highest BCUT2D eigenvalue weighted by Gasteiger charge is 2.51. The van der Waals surface area contributed by atoms with Crippen LogP contribution in [0.1, 0.15) is 32.3 Å². The van der Waals surface area contributed by atoms with Crippen molar-refractivity contribution >= 4 is 11.9 Å². The molecule has 2 saturated heterocycles. The van der Waals surface area contributed by atoms with Crippen LogP contribution in [0.2, 0.25) is 0 Å². The predicted octanol–water partition coefficient (Wildman–Crippen LogP) is 2.15. The van der Waals surface area contributed by atoms with Gasteiger partial charge >= 0.3 is 6.03 Å². The first-order chi connectivity index (χ1) is 12.5. The van der Waals surface area contributed by atoms with E-state index in [1.165, 1.54) is 0 Å². The highest BCUT2D eigenvalue weighted by atomic mass is 16.5. The van der Waals surface area contributed by atoms with Gasteiger partial charge < -0.3 is 20.3 Å². The molecule has 2 fully saturated rings. The largest absolute Gasteiger partial charge is 0.381 e. The molecule has 6 heteroatoms. The van der Waals surface area contributed by atoms with Crippen molar-refractivity contribution in [2.24, 2.45) is 11.3 Å². The monoisotopic (exact) mass is 359 g/mol. The van der Waals surface area contributed by atoms with Crippen LogP contribution in [0.15, 0.2) is 30.3 Å². The number of urea groups is 1. The molecule has 0 radical (unpaired) electrons. The van der Waals surface area contributed by atoms with Gasteiger partial charge in [-0.3, -0.25) is 4.79 Å². The van der Waals surface area contributed by atoms with Crippen LogP contribution in [0.3, 0.4) is 0 Å². The Balaban J connectivity index is 1.67. The van der Waals surface area contributed by atoms with Crippen LogP contribution < -0.4 is 10.6 Å². The Morgan fingerprint density at radius 3 is 2.58 bits per heavy atom. The van der Waals surface area contributed by atoms with Gasteiger partial charge in [-0.25, -0.2) is 4.79 Å². The van der Waals surface area contributed by atoms with E-state index in [2.05, 4.69) is 10.6 Å². The van der Waals surface area contributed by atoms with Gasteiger partial charge in [-0.05, 0) is 32.3 Å². The van der Waals surface area contributed by atoms with Crippen molar-refractivity contribution in [1.82, 2.24) is 15.5 Å². The molecule has 6 nitrogen and oxygen atoms in total. The molecule has 2 aliphatic heterocycles. The minimum absolute atomic E-state index is 0.0558. The summed E-state index contributed by atoms with van der Waals surface area (Å²) in [5.41, 5.74) is 0.899. The van der Waals surface area contributed by atoms with Gasteiger partial charge in [0.2, 0.25) is 5.91 Å². The molecule has 0 bridgehead atoms. The lowest BCUT2D eigenvalue weighted by Crippen LogP contribution is -2.46. The lowest BCUT2D eigenvalue weighted by Gasteiger charge is -2.37. The van der Waals surface area contributed by atoms with E-state index in [1.54, 1.807) is 4.90 Å². The Kier molecular flexibility index (Phi) is 5.81. The third-order valence-electron chi connectivity index (χ3n) is 5.46. The maximum absolute atomic E-state index is 12.8. The number of carbonyl (C=O) groups excluding carboxylic acids is 2. The summed E-state index contributed by atoms with van der Waals surface area (Å²) < 4.78 is 5.52. The molecule has 1 unspecified atom stereocenters. The Morgan fingerprint density at radius 1 is 1.23 bits per heavy atom. The number of carbonyl (C=O) groups is 2. The van der Waals surface area contributed by atoms with Crippen molar-refractivity contribution in [3.63, 3.8) is 0 Å². The molecular weight excluding hydrogens is 330 g/mol. The Labute approximate surface area is 155 Å². The summed E-state index contributed by atoms with van der Waals surface area (Å²) in [5.74, 6) is -0.114. The van der Waals surface area contributed by atoms with Gasteiger partial charge in [0, 0.05) is 44.3 Å². The van der Waals surface area contributed by atoms with Gasteiger partial charge in [0.25, 0.3) is 0 Å². The van der Waals surface area contributed by atoms with E-state index in [0.29, 0.717) is 32.8 Å². The highest BCUT2D eigenvalue weighted by molar-refractivity contribution is 5.83. The Hall–Kier alpha value is -2.08. The number of likely N-dealkylation sites (tertiary alicyclic amines) is 1. The van der Waals surface area contributed by atoms with Crippen molar-refractivity contribution in [2.45, 2.75) is 39.3 Å². The molecule has 0 aromatic heterocycles. The van der Waals surface area contributed by atoms with E-state index in [4.69, 9.17) is 4.74 Å². The summed E-state index contributed by atoms with van der Waals surface area (Å²) in [4.78, 5) is 27.3. The van der Waals surface area contributed by atoms with Crippen LogP contribution in [0.5, 0.6) is 0 Å². The van der Waals surface area contributed by atoms with Gasteiger partial charge in [-0.15, -0.1) is 0 Å². The summed E-state index contributed by atoms with van der Waals surface area (Å²) in [6.45, 7) is 6.83. The van der Waals surface area contributed by atoms with Crippen molar-refractivity contribution in [2.75, 3.05) is 26.3 Å². The number of hydrogen-bond acceptors (Lipinski definition) is 3. The summed E-state index contributed by atoms with van der Waals surface area (Å²) >= 11 is 0. The van der Waals surface area contributed by atoms with Crippen molar-refractivity contribution in [1.29, 1.82) is 0 Å². The zero-order valence-corrected chi connectivity index (χ0v) is 15.7. The third-order valence-corrected chi connectivity index (χ3v) is 5.46. The number of rotatable bonds is 4. The maximum Gasteiger partial charge on any atom is 0.317 e. The average molecular weight is 359 g/mol. The maximum atomic E-state index is 12.8. The van der Waals surface area contributed by atoms with Gasteiger partial charge in [0.1, 0.15) is 0 Å². The SMILES string of the molecule is CC(C)NC(=O)C1CN(C(=O)NCc2ccccc2)CC12CCOCC2. The van der Waals surface area contributed by atoms with E-state index in [9.17, 15) is 9.59 Å². The van der Waals surface area contributed by atoms with Gasteiger partial charge in [-0.1, -0.05) is 30.3 Å². The van der Waals surface area contributed by atoms with Gasteiger partial charge in [-0.2, -0.15) is 0 Å². The second-order valence-corrected chi connectivity index (χ2v) is 7.72. The van der Waals surface area contributed by atoms with Gasteiger partial charge in [0.05, 0.1) is 5.92 Å². The molecule has 1 aromatic rings. The van der Waals surface area contributed by atoms with E-state index in [1.807, 2.05) is 44.2 Å². The van der Waals surface area contributed by atoms with Crippen LogP contribution in [-0.2, 0) is 16.1 Å². The van der Waals surface area contributed by atoms with Crippen LogP contribution in [0.4, 0.5) is 4.79 Å². The zero-order valence-electron chi connectivity index (χ0n) is 15.7. The van der Waals surface area contributed by atoms with Crippen molar-refractivity contribution in [3.8, 4) is 0 Å². The number of amides is 3. The fourth-order valence-corrected chi connectivity index (χ4v) is 4.04. The normalized spacial score (nSPS) is 21.8. The first kappa shape index (κ1) is 18.7. The average Bonchev–Trinajstić information content (AvgIpc) is 2.99. The number of nitrogens with zero attached hydrogens (tertiary/aromatic N) is 1. The first-order valence-electron chi connectivity index (χ1n) is 9.45.